The van der Waals surface area contributed by atoms with Crippen LogP contribution in [0.5, 0.6) is 0 Å². The summed E-state index contributed by atoms with van der Waals surface area (Å²) in [4.78, 5) is 11.8. The van der Waals surface area contributed by atoms with E-state index in [0.29, 0.717) is 12.3 Å². The molecule has 0 aliphatic carbocycles. The van der Waals surface area contributed by atoms with E-state index >= 15 is 0 Å². The minimum absolute atomic E-state index is 0.0216. The lowest BCUT2D eigenvalue weighted by Crippen LogP contribution is -2.37. The van der Waals surface area contributed by atoms with Crippen molar-refractivity contribution < 1.29 is 9.18 Å². The van der Waals surface area contributed by atoms with Gasteiger partial charge < -0.3 is 5.32 Å². The predicted octanol–water partition coefficient (Wildman–Crippen LogP) is 3.29. The Labute approximate surface area is 116 Å². The number of benzene rings is 1. The van der Waals surface area contributed by atoms with Crippen LogP contribution in [0.2, 0.25) is 0 Å². The molecule has 18 heavy (non-hydrogen) atoms. The second-order valence-corrected chi connectivity index (χ2v) is 5.50. The molecule has 0 fully saturated rings. The van der Waals surface area contributed by atoms with Crippen LogP contribution in [0.3, 0.4) is 0 Å². The lowest BCUT2D eigenvalue weighted by Gasteiger charge is -2.18. The summed E-state index contributed by atoms with van der Waals surface area (Å²) >= 11 is 3.40. The fraction of sp³-hybridized carbons (Fsp3) is 0.500. The summed E-state index contributed by atoms with van der Waals surface area (Å²) in [7, 11) is 0. The van der Waals surface area contributed by atoms with Crippen LogP contribution < -0.4 is 5.32 Å². The van der Waals surface area contributed by atoms with E-state index in [-0.39, 0.29) is 17.8 Å². The molecule has 1 aromatic rings. The molecule has 0 saturated heterocycles. The van der Waals surface area contributed by atoms with Crippen molar-refractivity contribution in [3.63, 3.8) is 0 Å². The third-order valence-electron chi connectivity index (χ3n) is 2.59. The van der Waals surface area contributed by atoms with Crippen LogP contribution in [0.15, 0.2) is 24.3 Å². The van der Waals surface area contributed by atoms with Gasteiger partial charge >= 0.3 is 0 Å². The first-order valence-electron chi connectivity index (χ1n) is 6.11. The smallest absolute Gasteiger partial charge is 0.224 e. The maximum absolute atomic E-state index is 12.7. The topological polar surface area (TPSA) is 29.1 Å². The molecule has 1 rings (SSSR count). The molecular weight excluding hydrogens is 297 g/mol. The summed E-state index contributed by atoms with van der Waals surface area (Å²) in [6.07, 6.45) is 1.24. The highest BCUT2D eigenvalue weighted by Crippen LogP contribution is 2.08. The molecule has 0 heterocycles. The first-order chi connectivity index (χ1) is 8.51. The van der Waals surface area contributed by atoms with Gasteiger partial charge in [0, 0.05) is 11.4 Å². The molecule has 0 aromatic heterocycles. The fourth-order valence-corrected chi connectivity index (χ4v) is 2.22. The second-order valence-electron chi connectivity index (χ2n) is 4.85. The minimum atomic E-state index is -0.280. The minimum Gasteiger partial charge on any atom is -0.352 e. The number of amides is 1. The average Bonchev–Trinajstić information content (AvgIpc) is 2.30. The fourth-order valence-electron chi connectivity index (χ4n) is 1.80. The van der Waals surface area contributed by atoms with Crippen LogP contribution in [0.25, 0.3) is 0 Å². The molecule has 1 amide bonds. The molecule has 0 saturated carbocycles. The van der Waals surface area contributed by atoms with Crippen molar-refractivity contribution >= 4 is 21.8 Å². The number of hydrogen-bond donors (Lipinski definition) is 1. The summed E-state index contributed by atoms with van der Waals surface area (Å²) in [5.74, 6) is 0.239. The van der Waals surface area contributed by atoms with Gasteiger partial charge in [-0.05, 0) is 30.0 Å². The van der Waals surface area contributed by atoms with Gasteiger partial charge in [-0.1, -0.05) is 41.9 Å². The Kier molecular flexibility index (Phi) is 6.33. The highest BCUT2D eigenvalue weighted by molar-refractivity contribution is 9.09. The molecule has 0 radical (unpaired) electrons. The number of rotatable bonds is 6. The zero-order chi connectivity index (χ0) is 13.5. The molecule has 100 valence electrons. The third-order valence-corrected chi connectivity index (χ3v) is 3.37. The number of carbonyl (C=O) groups excluding carboxylic acids is 1. The van der Waals surface area contributed by atoms with Crippen LogP contribution in [-0.2, 0) is 11.2 Å². The molecule has 0 aliphatic rings. The number of hydrogen-bond acceptors (Lipinski definition) is 1. The molecule has 0 bridgehead atoms. The molecule has 1 N–H and O–H groups in total. The van der Waals surface area contributed by atoms with Crippen LogP contribution in [0.4, 0.5) is 4.39 Å². The molecular formula is C14H19BrFNO. The summed E-state index contributed by atoms with van der Waals surface area (Å²) in [6, 6.07) is 6.18. The normalized spacial score (nSPS) is 12.5. The maximum atomic E-state index is 12.7. The summed E-state index contributed by atoms with van der Waals surface area (Å²) in [5, 5.41) is 3.73. The number of halogens is 2. The molecule has 1 aromatic carbocycles. The first kappa shape index (κ1) is 15.2. The van der Waals surface area contributed by atoms with Gasteiger partial charge in [0.15, 0.2) is 0 Å². The summed E-state index contributed by atoms with van der Waals surface area (Å²) in [6.45, 7) is 4.25. The van der Waals surface area contributed by atoms with Crippen molar-refractivity contribution in [3.05, 3.63) is 35.6 Å². The van der Waals surface area contributed by atoms with E-state index in [1.54, 1.807) is 12.1 Å². The van der Waals surface area contributed by atoms with Crippen molar-refractivity contribution in [1.82, 2.24) is 5.32 Å². The van der Waals surface area contributed by atoms with Crippen molar-refractivity contribution in [2.75, 3.05) is 5.33 Å². The molecule has 0 spiro atoms. The average molecular weight is 316 g/mol. The molecule has 4 heteroatoms. The summed E-state index contributed by atoms with van der Waals surface area (Å²) in [5.41, 5.74) is 0.826. The second kappa shape index (κ2) is 7.52. The van der Waals surface area contributed by atoms with Gasteiger partial charge in [-0.25, -0.2) is 4.39 Å². The standard InChI is InChI=1S/C14H19BrFNO/c1-10(2)7-13(9-15)17-14(18)8-11-3-5-12(16)6-4-11/h3-6,10,13H,7-9H2,1-2H3,(H,17,18). The van der Waals surface area contributed by atoms with E-state index < -0.39 is 0 Å². The highest BCUT2D eigenvalue weighted by atomic mass is 79.9. The Morgan fingerprint density at radius 3 is 2.44 bits per heavy atom. The lowest BCUT2D eigenvalue weighted by molar-refractivity contribution is -0.121. The van der Waals surface area contributed by atoms with E-state index in [2.05, 4.69) is 35.1 Å². The Morgan fingerprint density at radius 2 is 1.94 bits per heavy atom. The van der Waals surface area contributed by atoms with E-state index in [0.717, 1.165) is 17.3 Å². The van der Waals surface area contributed by atoms with Crippen molar-refractivity contribution in [2.24, 2.45) is 5.92 Å². The first-order valence-corrected chi connectivity index (χ1v) is 7.23. The molecule has 2 nitrogen and oxygen atoms in total. The Bertz CT molecular complexity index is 378. The molecule has 1 unspecified atom stereocenters. The van der Waals surface area contributed by atoms with Gasteiger partial charge in [-0.3, -0.25) is 4.79 Å². The Morgan fingerprint density at radius 1 is 1.33 bits per heavy atom. The van der Waals surface area contributed by atoms with E-state index in [1.165, 1.54) is 12.1 Å². The Hall–Kier alpha value is -0.900. The predicted molar refractivity (Wildman–Crippen MR) is 75.3 cm³/mol. The van der Waals surface area contributed by atoms with Gasteiger partial charge in [0.05, 0.1) is 6.42 Å². The maximum Gasteiger partial charge on any atom is 0.224 e. The lowest BCUT2D eigenvalue weighted by atomic mass is 10.0. The van der Waals surface area contributed by atoms with Crippen molar-refractivity contribution in [2.45, 2.75) is 32.7 Å². The monoisotopic (exact) mass is 315 g/mol. The van der Waals surface area contributed by atoms with E-state index in [1.807, 2.05) is 0 Å². The number of nitrogens with one attached hydrogen (secondary N) is 1. The largest absolute Gasteiger partial charge is 0.352 e. The Balaban J connectivity index is 2.47. The van der Waals surface area contributed by atoms with Gasteiger partial charge in [-0.15, -0.1) is 0 Å². The van der Waals surface area contributed by atoms with Crippen LogP contribution in [-0.4, -0.2) is 17.3 Å². The third kappa shape index (κ3) is 5.63. The van der Waals surface area contributed by atoms with Crippen LogP contribution >= 0.6 is 15.9 Å². The van der Waals surface area contributed by atoms with Crippen molar-refractivity contribution in [3.8, 4) is 0 Å². The molecule has 1 atom stereocenters. The number of carbonyl (C=O) groups is 1. The van der Waals surface area contributed by atoms with E-state index in [4.69, 9.17) is 0 Å². The van der Waals surface area contributed by atoms with Gasteiger partial charge in [0.2, 0.25) is 5.91 Å². The quantitative estimate of drug-likeness (QED) is 0.802. The zero-order valence-electron chi connectivity index (χ0n) is 10.7. The van der Waals surface area contributed by atoms with E-state index in [9.17, 15) is 9.18 Å². The molecule has 0 aliphatic heterocycles. The van der Waals surface area contributed by atoms with Gasteiger partial charge in [0.1, 0.15) is 5.82 Å². The van der Waals surface area contributed by atoms with Crippen LogP contribution in [0.1, 0.15) is 25.8 Å². The number of alkyl halides is 1. The summed E-state index contributed by atoms with van der Waals surface area (Å²) < 4.78 is 12.7. The SMILES string of the molecule is CC(C)CC(CBr)NC(=O)Cc1ccc(F)cc1. The van der Waals surface area contributed by atoms with Gasteiger partial charge in [0.25, 0.3) is 0 Å². The van der Waals surface area contributed by atoms with Crippen LogP contribution in [0, 0.1) is 11.7 Å². The highest BCUT2D eigenvalue weighted by Gasteiger charge is 2.13. The van der Waals surface area contributed by atoms with Crippen molar-refractivity contribution in [1.29, 1.82) is 0 Å². The zero-order valence-corrected chi connectivity index (χ0v) is 12.3. The van der Waals surface area contributed by atoms with Gasteiger partial charge in [-0.2, -0.15) is 0 Å².